The van der Waals surface area contributed by atoms with Gasteiger partial charge in [-0.2, -0.15) is 0 Å². The second-order valence-corrected chi connectivity index (χ2v) is 8.50. The van der Waals surface area contributed by atoms with Crippen LogP contribution in [0.2, 0.25) is 5.02 Å². The van der Waals surface area contributed by atoms with Gasteiger partial charge in [-0.05, 0) is 42.8 Å². The molecule has 33 heavy (non-hydrogen) atoms. The Labute approximate surface area is 200 Å². The number of hydrogen-bond donors (Lipinski definition) is 2. The lowest BCUT2D eigenvalue weighted by molar-refractivity contribution is -0.116. The molecule has 2 N–H and O–H groups in total. The van der Waals surface area contributed by atoms with Gasteiger partial charge in [0.2, 0.25) is 11.8 Å². The van der Waals surface area contributed by atoms with Crippen LogP contribution in [0.3, 0.4) is 0 Å². The number of nitrogens with one attached hydrogen (secondary N) is 2. The van der Waals surface area contributed by atoms with Crippen molar-refractivity contribution in [2.45, 2.75) is 31.5 Å². The Bertz CT molecular complexity index is 1170. The van der Waals surface area contributed by atoms with E-state index in [4.69, 9.17) is 11.6 Å². The van der Waals surface area contributed by atoms with E-state index in [2.05, 4.69) is 27.4 Å². The highest BCUT2D eigenvalue weighted by Gasteiger charge is 2.16. The number of rotatable bonds is 10. The molecule has 0 bridgehead atoms. The number of anilines is 2. The molecule has 7 nitrogen and oxygen atoms in total. The van der Waals surface area contributed by atoms with Crippen molar-refractivity contribution in [2.75, 3.05) is 16.4 Å². The second kappa shape index (κ2) is 11.6. The van der Waals surface area contributed by atoms with Crippen LogP contribution in [-0.2, 0) is 22.6 Å². The van der Waals surface area contributed by atoms with Crippen LogP contribution >= 0.6 is 23.4 Å². The van der Waals surface area contributed by atoms with Gasteiger partial charge in [0.05, 0.1) is 11.4 Å². The average molecular weight is 488 g/mol. The van der Waals surface area contributed by atoms with Crippen molar-refractivity contribution in [1.29, 1.82) is 0 Å². The van der Waals surface area contributed by atoms with Gasteiger partial charge in [0.15, 0.2) is 5.16 Å². The number of nitrogens with zero attached hydrogens (tertiary/aromatic N) is 3. The molecular formula is C23H23ClFN5O2S. The van der Waals surface area contributed by atoms with E-state index in [-0.39, 0.29) is 29.7 Å². The van der Waals surface area contributed by atoms with Crippen LogP contribution < -0.4 is 10.6 Å². The molecule has 0 radical (unpaired) electrons. The molecule has 0 aliphatic heterocycles. The molecule has 172 valence electrons. The van der Waals surface area contributed by atoms with Crippen molar-refractivity contribution in [3.05, 3.63) is 77.3 Å². The number of carbonyl (C=O) groups excluding carboxylic acids is 2. The van der Waals surface area contributed by atoms with Gasteiger partial charge in [0.1, 0.15) is 11.6 Å². The van der Waals surface area contributed by atoms with Crippen LogP contribution in [0.15, 0.2) is 60.3 Å². The summed E-state index contributed by atoms with van der Waals surface area (Å²) >= 11 is 7.19. The molecule has 0 aliphatic rings. The highest BCUT2D eigenvalue weighted by molar-refractivity contribution is 7.99. The van der Waals surface area contributed by atoms with Gasteiger partial charge in [-0.25, -0.2) is 4.39 Å². The van der Waals surface area contributed by atoms with E-state index >= 15 is 0 Å². The molecular weight excluding hydrogens is 465 g/mol. The van der Waals surface area contributed by atoms with Crippen molar-refractivity contribution in [1.82, 2.24) is 14.8 Å². The quantitative estimate of drug-likeness (QED) is 0.314. The zero-order valence-electron chi connectivity index (χ0n) is 18.0. The fourth-order valence-electron chi connectivity index (χ4n) is 3.01. The van der Waals surface area contributed by atoms with Gasteiger partial charge in [0.25, 0.3) is 0 Å². The highest BCUT2D eigenvalue weighted by atomic mass is 35.5. The third-order valence-electron chi connectivity index (χ3n) is 4.62. The molecule has 2 aromatic carbocycles. The fourth-order valence-corrected chi connectivity index (χ4v) is 4.00. The largest absolute Gasteiger partial charge is 0.325 e. The molecule has 10 heteroatoms. The van der Waals surface area contributed by atoms with E-state index in [0.29, 0.717) is 34.7 Å². The first-order chi connectivity index (χ1) is 15.9. The Morgan fingerprint density at radius 3 is 2.64 bits per heavy atom. The van der Waals surface area contributed by atoms with Gasteiger partial charge in [-0.15, -0.1) is 16.8 Å². The lowest BCUT2D eigenvalue weighted by atomic mass is 10.2. The first kappa shape index (κ1) is 24.5. The van der Waals surface area contributed by atoms with Gasteiger partial charge in [0, 0.05) is 30.1 Å². The number of carbonyl (C=O) groups is 2. The van der Waals surface area contributed by atoms with Crippen LogP contribution in [0.25, 0.3) is 0 Å². The monoisotopic (exact) mass is 487 g/mol. The molecule has 0 aliphatic carbocycles. The molecule has 1 aromatic heterocycles. The maximum absolute atomic E-state index is 13.7. The SMILES string of the molecule is C=CCn1c(CCC(=O)Nc2ccccc2F)nnc1SCC(=O)Nc1ccc(Cl)cc1C. The van der Waals surface area contributed by atoms with E-state index in [1.807, 2.05) is 6.92 Å². The zero-order chi connectivity index (χ0) is 23.8. The molecule has 2 amide bonds. The summed E-state index contributed by atoms with van der Waals surface area (Å²) < 4.78 is 15.5. The smallest absolute Gasteiger partial charge is 0.234 e. The van der Waals surface area contributed by atoms with E-state index in [1.54, 1.807) is 41.0 Å². The van der Waals surface area contributed by atoms with Crippen LogP contribution in [-0.4, -0.2) is 32.3 Å². The lowest BCUT2D eigenvalue weighted by Gasteiger charge is -2.10. The summed E-state index contributed by atoms with van der Waals surface area (Å²) in [4.78, 5) is 24.6. The Kier molecular flexibility index (Phi) is 8.62. The van der Waals surface area contributed by atoms with Gasteiger partial charge < -0.3 is 15.2 Å². The standard InChI is InChI=1S/C23H23ClFN5O2S/c1-3-12-30-20(10-11-21(31)27-19-7-5-4-6-17(19)25)28-29-23(30)33-14-22(32)26-18-9-8-16(24)13-15(18)2/h3-9,13H,1,10-12,14H2,2H3,(H,26,32)(H,27,31). The average Bonchev–Trinajstić information content (AvgIpc) is 3.16. The predicted octanol–water partition coefficient (Wildman–Crippen LogP) is 4.87. The Balaban J connectivity index is 1.58. The maximum Gasteiger partial charge on any atom is 0.234 e. The number of para-hydroxylation sites is 1. The highest BCUT2D eigenvalue weighted by Crippen LogP contribution is 2.22. The molecule has 3 aromatic rings. The predicted molar refractivity (Wildman–Crippen MR) is 129 cm³/mol. The summed E-state index contributed by atoms with van der Waals surface area (Å²) in [5.41, 5.74) is 1.69. The number of benzene rings is 2. The van der Waals surface area contributed by atoms with E-state index in [1.165, 1.54) is 23.9 Å². The summed E-state index contributed by atoms with van der Waals surface area (Å²) in [6.45, 7) is 6.04. The van der Waals surface area contributed by atoms with Crippen LogP contribution in [0.5, 0.6) is 0 Å². The van der Waals surface area contributed by atoms with Crippen molar-refractivity contribution < 1.29 is 14.0 Å². The number of halogens is 2. The van der Waals surface area contributed by atoms with Gasteiger partial charge in [-0.1, -0.05) is 41.6 Å². The van der Waals surface area contributed by atoms with Crippen LogP contribution in [0.1, 0.15) is 17.8 Å². The second-order valence-electron chi connectivity index (χ2n) is 7.12. The number of amides is 2. The number of aromatic nitrogens is 3. The molecule has 0 unspecified atom stereocenters. The minimum absolute atomic E-state index is 0.102. The normalized spacial score (nSPS) is 10.6. The molecule has 1 heterocycles. The Morgan fingerprint density at radius 2 is 1.91 bits per heavy atom. The summed E-state index contributed by atoms with van der Waals surface area (Å²) in [6, 6.07) is 11.2. The zero-order valence-corrected chi connectivity index (χ0v) is 19.5. The van der Waals surface area contributed by atoms with Crippen molar-refractivity contribution in [2.24, 2.45) is 0 Å². The van der Waals surface area contributed by atoms with Crippen molar-refractivity contribution >= 4 is 46.6 Å². The molecule has 0 saturated heterocycles. The third-order valence-corrected chi connectivity index (χ3v) is 5.83. The van der Waals surface area contributed by atoms with E-state index in [0.717, 1.165) is 5.56 Å². The number of thioether (sulfide) groups is 1. The lowest BCUT2D eigenvalue weighted by Crippen LogP contribution is -2.16. The van der Waals surface area contributed by atoms with Gasteiger partial charge >= 0.3 is 0 Å². The summed E-state index contributed by atoms with van der Waals surface area (Å²) in [6.07, 6.45) is 2.09. The van der Waals surface area contributed by atoms with Crippen LogP contribution in [0, 0.1) is 12.7 Å². The van der Waals surface area contributed by atoms with Crippen molar-refractivity contribution in [3.8, 4) is 0 Å². The van der Waals surface area contributed by atoms with E-state index < -0.39 is 5.82 Å². The summed E-state index contributed by atoms with van der Waals surface area (Å²) in [7, 11) is 0. The summed E-state index contributed by atoms with van der Waals surface area (Å²) in [5, 5.41) is 14.9. The first-order valence-corrected chi connectivity index (χ1v) is 11.5. The van der Waals surface area contributed by atoms with Gasteiger partial charge in [-0.3, -0.25) is 9.59 Å². The fraction of sp³-hybridized carbons (Fsp3) is 0.217. The Morgan fingerprint density at radius 1 is 1.15 bits per heavy atom. The number of hydrogen-bond acceptors (Lipinski definition) is 5. The van der Waals surface area contributed by atoms with Crippen molar-refractivity contribution in [3.63, 3.8) is 0 Å². The molecule has 0 spiro atoms. The third kappa shape index (κ3) is 6.90. The molecule has 0 fully saturated rings. The Hall–Kier alpha value is -3.17. The minimum Gasteiger partial charge on any atom is -0.325 e. The van der Waals surface area contributed by atoms with Crippen LogP contribution in [0.4, 0.5) is 15.8 Å². The molecule has 3 rings (SSSR count). The minimum atomic E-state index is -0.494. The van der Waals surface area contributed by atoms with E-state index in [9.17, 15) is 14.0 Å². The molecule has 0 atom stereocenters. The summed E-state index contributed by atoms with van der Waals surface area (Å²) in [5.74, 6) is -0.309. The first-order valence-electron chi connectivity index (χ1n) is 10.1. The maximum atomic E-state index is 13.7. The molecule has 0 saturated carbocycles. The number of allylic oxidation sites excluding steroid dienone is 1. The topological polar surface area (TPSA) is 88.9 Å². The number of aryl methyl sites for hydroxylation is 2.